The first-order valence-corrected chi connectivity index (χ1v) is 11.0. The molecule has 0 bridgehead atoms. The van der Waals surface area contributed by atoms with Crippen LogP contribution in [0.4, 0.5) is 0 Å². The van der Waals surface area contributed by atoms with E-state index in [1.165, 1.54) is 0 Å². The van der Waals surface area contributed by atoms with Gasteiger partial charge in [0.15, 0.2) is 0 Å². The zero-order valence-corrected chi connectivity index (χ0v) is 19.2. The molecule has 0 heterocycles. The Hall–Kier alpha value is -3.35. The molecule has 0 unspecified atom stereocenters. The summed E-state index contributed by atoms with van der Waals surface area (Å²) in [6.45, 7) is 0.136. The number of hydrogen-bond donors (Lipinski definition) is 2. The predicted molar refractivity (Wildman–Crippen MR) is 128 cm³/mol. The molecule has 3 rings (SSSR count). The van der Waals surface area contributed by atoms with E-state index in [1.807, 2.05) is 54.6 Å². The Morgan fingerprint density at radius 1 is 0.970 bits per heavy atom. The molecule has 0 spiro atoms. The van der Waals surface area contributed by atoms with Gasteiger partial charge in [0.2, 0.25) is 11.8 Å². The van der Waals surface area contributed by atoms with E-state index >= 15 is 0 Å². The summed E-state index contributed by atoms with van der Waals surface area (Å²) >= 11 is 5.98. The van der Waals surface area contributed by atoms with Gasteiger partial charge in [0.25, 0.3) is 0 Å². The van der Waals surface area contributed by atoms with Crippen molar-refractivity contribution < 1.29 is 19.4 Å². The van der Waals surface area contributed by atoms with Crippen LogP contribution in [0.2, 0.25) is 5.02 Å². The van der Waals surface area contributed by atoms with Crippen LogP contribution in [0.5, 0.6) is 5.75 Å². The second-order valence-corrected chi connectivity index (χ2v) is 7.94. The van der Waals surface area contributed by atoms with Crippen molar-refractivity contribution in [3.63, 3.8) is 0 Å². The van der Waals surface area contributed by atoms with Crippen LogP contribution in [0.25, 0.3) is 0 Å². The fourth-order valence-corrected chi connectivity index (χ4v) is 3.64. The van der Waals surface area contributed by atoms with Crippen molar-refractivity contribution in [3.8, 4) is 5.75 Å². The third-order valence-corrected chi connectivity index (χ3v) is 5.44. The monoisotopic (exact) mass is 466 g/mol. The van der Waals surface area contributed by atoms with Gasteiger partial charge in [-0.2, -0.15) is 0 Å². The summed E-state index contributed by atoms with van der Waals surface area (Å²) in [6.07, 6.45) is 0.115. The van der Waals surface area contributed by atoms with E-state index in [0.29, 0.717) is 16.3 Å². The molecule has 172 valence electrons. The molecular formula is C26H27ClN2O4. The van der Waals surface area contributed by atoms with Gasteiger partial charge >= 0.3 is 0 Å². The minimum absolute atomic E-state index is 0.101. The fourth-order valence-electron chi connectivity index (χ4n) is 3.51. The zero-order valence-electron chi connectivity index (χ0n) is 18.4. The van der Waals surface area contributed by atoms with Crippen LogP contribution in [-0.4, -0.2) is 42.1 Å². The molecule has 3 aromatic carbocycles. The summed E-state index contributed by atoms with van der Waals surface area (Å²) in [5.74, 6) is 0.146. The molecule has 0 saturated carbocycles. The highest BCUT2D eigenvalue weighted by Gasteiger charge is 2.31. The number of carbonyl (C=O) groups excluding carboxylic acids is 2. The predicted octanol–water partition coefficient (Wildman–Crippen LogP) is 3.77. The van der Waals surface area contributed by atoms with Crippen LogP contribution in [0.1, 0.15) is 22.7 Å². The van der Waals surface area contributed by atoms with E-state index in [1.54, 1.807) is 36.3 Å². The Bertz CT molecular complexity index is 1040. The molecular weight excluding hydrogens is 440 g/mol. The Kier molecular flexibility index (Phi) is 8.87. The number of nitrogens with zero attached hydrogens (tertiary/aromatic N) is 1. The highest BCUT2D eigenvalue weighted by molar-refractivity contribution is 6.30. The smallest absolute Gasteiger partial charge is 0.247 e. The van der Waals surface area contributed by atoms with Crippen LogP contribution < -0.4 is 10.1 Å². The molecule has 0 saturated heterocycles. The van der Waals surface area contributed by atoms with E-state index in [0.717, 1.165) is 11.1 Å². The molecule has 2 N–H and O–H groups in total. The first kappa shape index (κ1) is 24.3. The van der Waals surface area contributed by atoms with Gasteiger partial charge in [0, 0.05) is 18.1 Å². The van der Waals surface area contributed by atoms with Crippen LogP contribution in [0.15, 0.2) is 78.9 Å². The molecule has 6 nitrogen and oxygen atoms in total. The molecule has 0 aliphatic heterocycles. The Balaban J connectivity index is 1.97. The Labute approximate surface area is 198 Å². The SMILES string of the molecule is COc1ccc(CN(C(=O)Cc2ccc(Cl)cc2)[C@@H](C(=O)NCCO)c2ccccc2)cc1. The standard InChI is InChI=1S/C26H27ClN2O4/c1-33-23-13-9-20(10-14-23)18-29(24(31)17-19-7-11-22(27)12-8-19)25(26(32)28-15-16-30)21-5-3-2-4-6-21/h2-14,25,30H,15-18H2,1H3,(H,28,32)/t25-/m1/s1. The number of nitrogens with one attached hydrogen (secondary N) is 1. The maximum Gasteiger partial charge on any atom is 0.247 e. The summed E-state index contributed by atoms with van der Waals surface area (Å²) < 4.78 is 5.23. The lowest BCUT2D eigenvalue weighted by atomic mass is 10.0. The van der Waals surface area contributed by atoms with Crippen LogP contribution >= 0.6 is 11.6 Å². The molecule has 3 aromatic rings. The normalized spacial score (nSPS) is 11.5. The number of carbonyl (C=O) groups is 2. The average Bonchev–Trinajstić information content (AvgIpc) is 2.84. The number of halogens is 1. The number of amides is 2. The van der Waals surface area contributed by atoms with Gasteiger partial charge in [0.05, 0.1) is 20.1 Å². The first-order chi connectivity index (χ1) is 16.0. The molecule has 2 amide bonds. The lowest BCUT2D eigenvalue weighted by molar-refractivity contribution is -0.141. The molecule has 1 atom stereocenters. The van der Waals surface area contributed by atoms with E-state index in [9.17, 15) is 14.7 Å². The van der Waals surface area contributed by atoms with Crippen LogP contribution in [0.3, 0.4) is 0 Å². The fraction of sp³-hybridized carbons (Fsp3) is 0.231. The van der Waals surface area contributed by atoms with Crippen molar-refractivity contribution in [1.29, 1.82) is 0 Å². The number of aliphatic hydroxyl groups is 1. The lowest BCUT2D eigenvalue weighted by Crippen LogP contribution is -2.44. The third-order valence-electron chi connectivity index (χ3n) is 5.19. The summed E-state index contributed by atoms with van der Waals surface area (Å²) in [4.78, 5) is 28.3. The van der Waals surface area contributed by atoms with Gasteiger partial charge in [-0.15, -0.1) is 0 Å². The minimum atomic E-state index is -0.861. The van der Waals surface area contributed by atoms with E-state index in [4.69, 9.17) is 16.3 Å². The Morgan fingerprint density at radius 2 is 1.61 bits per heavy atom. The second-order valence-electron chi connectivity index (χ2n) is 7.50. The number of hydrogen-bond acceptors (Lipinski definition) is 4. The van der Waals surface area contributed by atoms with Crippen molar-refractivity contribution in [2.45, 2.75) is 19.0 Å². The average molecular weight is 467 g/mol. The lowest BCUT2D eigenvalue weighted by Gasteiger charge is -2.32. The van der Waals surface area contributed by atoms with Crippen molar-refractivity contribution in [1.82, 2.24) is 10.2 Å². The van der Waals surface area contributed by atoms with Gasteiger partial charge in [-0.3, -0.25) is 9.59 Å². The number of benzene rings is 3. The quantitative estimate of drug-likeness (QED) is 0.476. The summed E-state index contributed by atoms with van der Waals surface area (Å²) in [5, 5.41) is 12.5. The van der Waals surface area contributed by atoms with E-state index in [2.05, 4.69) is 5.32 Å². The third kappa shape index (κ3) is 6.81. The molecule has 0 fully saturated rings. The van der Waals surface area contributed by atoms with E-state index < -0.39 is 6.04 Å². The summed E-state index contributed by atoms with van der Waals surface area (Å²) in [5.41, 5.74) is 2.34. The van der Waals surface area contributed by atoms with E-state index in [-0.39, 0.29) is 37.9 Å². The van der Waals surface area contributed by atoms with Gasteiger partial charge < -0.3 is 20.1 Å². The highest BCUT2D eigenvalue weighted by atomic mass is 35.5. The van der Waals surface area contributed by atoms with Crippen molar-refractivity contribution in [3.05, 3.63) is 101 Å². The molecule has 0 radical (unpaired) electrons. The maximum atomic E-state index is 13.6. The molecule has 7 heteroatoms. The number of rotatable bonds is 10. The van der Waals surface area contributed by atoms with Crippen molar-refractivity contribution >= 4 is 23.4 Å². The number of ether oxygens (including phenoxy) is 1. The maximum absolute atomic E-state index is 13.6. The van der Waals surface area contributed by atoms with Gasteiger partial charge in [-0.05, 0) is 41.0 Å². The molecule has 0 aromatic heterocycles. The number of aliphatic hydroxyl groups excluding tert-OH is 1. The largest absolute Gasteiger partial charge is 0.497 e. The van der Waals surface area contributed by atoms with Crippen LogP contribution in [0, 0.1) is 0 Å². The topological polar surface area (TPSA) is 78.9 Å². The van der Waals surface area contributed by atoms with Crippen molar-refractivity contribution in [2.75, 3.05) is 20.3 Å². The van der Waals surface area contributed by atoms with Gasteiger partial charge in [-0.1, -0.05) is 66.2 Å². The molecule has 0 aliphatic rings. The summed E-state index contributed by atoms with van der Waals surface area (Å²) in [6, 6.07) is 22.7. The Morgan fingerprint density at radius 3 is 2.21 bits per heavy atom. The molecule has 0 aliphatic carbocycles. The van der Waals surface area contributed by atoms with Crippen LogP contribution in [-0.2, 0) is 22.6 Å². The minimum Gasteiger partial charge on any atom is -0.497 e. The second kappa shape index (κ2) is 12.0. The zero-order chi connectivity index (χ0) is 23.6. The first-order valence-electron chi connectivity index (χ1n) is 10.6. The molecule has 33 heavy (non-hydrogen) atoms. The highest BCUT2D eigenvalue weighted by Crippen LogP contribution is 2.26. The summed E-state index contributed by atoms with van der Waals surface area (Å²) in [7, 11) is 1.59. The number of methoxy groups -OCH3 is 1. The van der Waals surface area contributed by atoms with Gasteiger partial charge in [0.1, 0.15) is 11.8 Å². The van der Waals surface area contributed by atoms with Gasteiger partial charge in [-0.25, -0.2) is 0 Å². The van der Waals surface area contributed by atoms with Crippen molar-refractivity contribution in [2.24, 2.45) is 0 Å².